The van der Waals surface area contributed by atoms with E-state index in [0.29, 0.717) is 6.20 Å². The van der Waals surface area contributed by atoms with Crippen LogP contribution in [0.15, 0.2) is 6.20 Å². The molecule has 17 heavy (non-hydrogen) atoms. The lowest BCUT2D eigenvalue weighted by atomic mass is 10.2. The largest absolute Gasteiger partial charge is 0.573 e. The van der Waals surface area contributed by atoms with Crippen molar-refractivity contribution in [3.8, 4) is 5.75 Å². The number of nitro groups is 1. The van der Waals surface area contributed by atoms with Crippen LogP contribution in [-0.4, -0.2) is 22.6 Å². The van der Waals surface area contributed by atoms with Gasteiger partial charge in [-0.2, -0.15) is 0 Å². The Morgan fingerprint density at radius 1 is 1.53 bits per heavy atom. The number of nitrogens with zero attached hydrogens (tertiary/aromatic N) is 2. The van der Waals surface area contributed by atoms with Crippen LogP contribution < -0.4 is 4.74 Å². The Morgan fingerprint density at radius 2 is 2.12 bits per heavy atom. The number of hydrogen-bond donors (Lipinski definition) is 0. The topological polar surface area (TPSA) is 82.3 Å². The second-order valence-corrected chi connectivity index (χ2v) is 2.89. The van der Waals surface area contributed by atoms with Gasteiger partial charge in [0.05, 0.1) is 11.1 Å². The highest BCUT2D eigenvalue weighted by Gasteiger charge is 2.34. The fraction of sp³-hybridized carbons (Fsp3) is 0.250. The molecule has 92 valence electrons. The molecule has 0 N–H and O–H groups in total. The summed E-state index contributed by atoms with van der Waals surface area (Å²) >= 11 is 0. The van der Waals surface area contributed by atoms with E-state index in [9.17, 15) is 28.1 Å². The Hall–Kier alpha value is -2.19. The monoisotopic (exact) mass is 250 g/mol. The number of aryl methyl sites for hydroxylation is 1. The molecule has 0 aliphatic rings. The van der Waals surface area contributed by atoms with E-state index in [0.717, 1.165) is 0 Å². The number of hydrogen-bond acceptors (Lipinski definition) is 5. The first kappa shape index (κ1) is 12.9. The molecule has 0 amide bonds. The molecule has 0 spiro atoms. The van der Waals surface area contributed by atoms with E-state index in [-0.39, 0.29) is 12.0 Å². The average molecular weight is 250 g/mol. The zero-order valence-electron chi connectivity index (χ0n) is 8.32. The van der Waals surface area contributed by atoms with E-state index in [1.165, 1.54) is 6.92 Å². The third-order valence-electron chi connectivity index (χ3n) is 1.76. The SMILES string of the molecule is Cc1ncc(OC(F)(F)F)c(C=O)c1[N+](=O)[O-]. The maximum absolute atomic E-state index is 12.0. The number of ether oxygens (including phenoxy) is 1. The fourth-order valence-electron chi connectivity index (χ4n) is 1.15. The molecule has 0 atom stereocenters. The second-order valence-electron chi connectivity index (χ2n) is 2.89. The van der Waals surface area contributed by atoms with Gasteiger partial charge in [0.15, 0.2) is 12.0 Å². The molecule has 0 unspecified atom stereocenters. The number of aldehydes is 1. The normalized spacial score (nSPS) is 11.1. The highest BCUT2D eigenvalue weighted by Crippen LogP contribution is 2.31. The van der Waals surface area contributed by atoms with Gasteiger partial charge in [-0.15, -0.1) is 13.2 Å². The Bertz CT molecular complexity index is 473. The van der Waals surface area contributed by atoms with Crippen molar-refractivity contribution in [2.75, 3.05) is 0 Å². The molecule has 9 heteroatoms. The molecule has 0 saturated carbocycles. The minimum atomic E-state index is -5.05. The summed E-state index contributed by atoms with van der Waals surface area (Å²) in [6.45, 7) is 1.20. The highest BCUT2D eigenvalue weighted by atomic mass is 19.4. The first-order valence-electron chi connectivity index (χ1n) is 4.11. The lowest BCUT2D eigenvalue weighted by Gasteiger charge is -2.10. The molecule has 1 heterocycles. The second kappa shape index (κ2) is 4.36. The maximum atomic E-state index is 12.0. The van der Waals surface area contributed by atoms with Gasteiger partial charge in [-0.1, -0.05) is 0 Å². The summed E-state index contributed by atoms with van der Waals surface area (Å²) in [5.74, 6) is -0.996. The summed E-state index contributed by atoms with van der Waals surface area (Å²) in [7, 11) is 0. The first-order chi connectivity index (χ1) is 7.76. The number of aromatic nitrogens is 1. The van der Waals surface area contributed by atoms with Crippen LogP contribution in [0.1, 0.15) is 16.1 Å². The molecule has 0 radical (unpaired) electrons. The molecule has 1 aromatic heterocycles. The number of rotatable bonds is 3. The summed E-state index contributed by atoms with van der Waals surface area (Å²) in [6.07, 6.45) is -4.52. The van der Waals surface area contributed by atoms with Crippen molar-refractivity contribution in [2.45, 2.75) is 13.3 Å². The first-order valence-corrected chi connectivity index (χ1v) is 4.11. The van der Waals surface area contributed by atoms with Crippen LogP contribution in [0.5, 0.6) is 5.75 Å². The van der Waals surface area contributed by atoms with Crippen LogP contribution in [-0.2, 0) is 0 Å². The third-order valence-corrected chi connectivity index (χ3v) is 1.76. The quantitative estimate of drug-likeness (QED) is 0.465. The van der Waals surface area contributed by atoms with Gasteiger partial charge >= 0.3 is 12.0 Å². The van der Waals surface area contributed by atoms with Crippen molar-refractivity contribution < 1.29 is 27.6 Å². The van der Waals surface area contributed by atoms with Gasteiger partial charge in [-0.05, 0) is 6.92 Å². The molecule has 0 saturated heterocycles. The molecule has 0 fully saturated rings. The van der Waals surface area contributed by atoms with E-state index in [1.807, 2.05) is 0 Å². The molecular formula is C8H5F3N2O4. The number of carbonyl (C=O) groups is 1. The van der Waals surface area contributed by atoms with Crippen LogP contribution in [0.4, 0.5) is 18.9 Å². The van der Waals surface area contributed by atoms with Crippen LogP contribution in [0.3, 0.4) is 0 Å². The third kappa shape index (κ3) is 2.89. The van der Waals surface area contributed by atoms with Gasteiger partial charge in [0, 0.05) is 0 Å². The molecule has 6 nitrogen and oxygen atoms in total. The van der Waals surface area contributed by atoms with Crippen molar-refractivity contribution in [3.05, 3.63) is 27.6 Å². The van der Waals surface area contributed by atoms with Crippen LogP contribution in [0.25, 0.3) is 0 Å². The lowest BCUT2D eigenvalue weighted by Crippen LogP contribution is -2.19. The standard InChI is InChI=1S/C8H5F3N2O4/c1-4-7(13(15)16)5(3-14)6(2-12-4)17-8(9,10)11/h2-3H,1H3. The summed E-state index contributed by atoms with van der Waals surface area (Å²) in [6, 6.07) is 0. The van der Waals surface area contributed by atoms with E-state index in [2.05, 4.69) is 9.72 Å². The van der Waals surface area contributed by atoms with Crippen molar-refractivity contribution in [1.82, 2.24) is 4.98 Å². The van der Waals surface area contributed by atoms with E-state index >= 15 is 0 Å². The average Bonchev–Trinajstić information content (AvgIpc) is 2.17. The van der Waals surface area contributed by atoms with Gasteiger partial charge in [0.1, 0.15) is 11.3 Å². The van der Waals surface area contributed by atoms with Crippen LogP contribution in [0, 0.1) is 17.0 Å². The Morgan fingerprint density at radius 3 is 2.53 bits per heavy atom. The number of carbonyl (C=O) groups excluding carboxylic acids is 1. The molecule has 0 aliphatic heterocycles. The molecule has 0 aliphatic carbocycles. The maximum Gasteiger partial charge on any atom is 0.573 e. The predicted molar refractivity (Wildman–Crippen MR) is 47.7 cm³/mol. The minimum absolute atomic E-state index is 0.0755. The van der Waals surface area contributed by atoms with Crippen molar-refractivity contribution in [2.24, 2.45) is 0 Å². The van der Waals surface area contributed by atoms with Gasteiger partial charge in [-0.3, -0.25) is 19.9 Å². The molecule has 1 aromatic rings. The minimum Gasteiger partial charge on any atom is -0.403 e. The van der Waals surface area contributed by atoms with Crippen LogP contribution in [0.2, 0.25) is 0 Å². The van der Waals surface area contributed by atoms with Crippen molar-refractivity contribution in [3.63, 3.8) is 0 Å². The number of pyridine rings is 1. The predicted octanol–water partition coefficient (Wildman–Crippen LogP) is 2.01. The summed E-state index contributed by atoms with van der Waals surface area (Å²) in [5, 5.41) is 10.6. The Labute approximate surface area is 92.2 Å². The molecule has 1 rings (SSSR count). The highest BCUT2D eigenvalue weighted by molar-refractivity contribution is 5.85. The smallest absolute Gasteiger partial charge is 0.403 e. The van der Waals surface area contributed by atoms with Crippen molar-refractivity contribution in [1.29, 1.82) is 0 Å². The van der Waals surface area contributed by atoms with Gasteiger partial charge in [-0.25, -0.2) is 0 Å². The van der Waals surface area contributed by atoms with Gasteiger partial charge in [0.2, 0.25) is 0 Å². The molecule has 0 aromatic carbocycles. The van der Waals surface area contributed by atoms with Crippen LogP contribution >= 0.6 is 0 Å². The number of halogens is 3. The summed E-state index contributed by atoms with van der Waals surface area (Å²) in [5.41, 5.74) is -1.77. The lowest BCUT2D eigenvalue weighted by molar-refractivity contribution is -0.386. The zero-order valence-corrected chi connectivity index (χ0v) is 8.32. The fourth-order valence-corrected chi connectivity index (χ4v) is 1.15. The number of alkyl halides is 3. The zero-order chi connectivity index (χ0) is 13.2. The Kier molecular flexibility index (Phi) is 3.30. The van der Waals surface area contributed by atoms with Gasteiger partial charge < -0.3 is 4.74 Å². The Balaban J connectivity index is 3.38. The molecular weight excluding hydrogens is 245 g/mol. The summed E-state index contributed by atoms with van der Waals surface area (Å²) < 4.78 is 39.3. The van der Waals surface area contributed by atoms with E-state index < -0.39 is 28.3 Å². The molecule has 0 bridgehead atoms. The van der Waals surface area contributed by atoms with Gasteiger partial charge in [0.25, 0.3) is 0 Å². The van der Waals surface area contributed by atoms with Crippen molar-refractivity contribution >= 4 is 12.0 Å². The summed E-state index contributed by atoms with van der Waals surface area (Å²) in [4.78, 5) is 23.6. The van der Waals surface area contributed by atoms with E-state index in [1.54, 1.807) is 0 Å². The van der Waals surface area contributed by atoms with E-state index in [4.69, 9.17) is 0 Å².